The summed E-state index contributed by atoms with van der Waals surface area (Å²) in [6.45, 7) is 3.97. The zero-order valence-electron chi connectivity index (χ0n) is 13.8. The van der Waals surface area contributed by atoms with E-state index >= 15 is 0 Å². The first-order valence-corrected chi connectivity index (χ1v) is 7.22. The molecule has 0 saturated carbocycles. The largest absolute Gasteiger partial charge is 0.500 e. The second-order valence-electron chi connectivity index (χ2n) is 5.11. The first-order valence-electron chi connectivity index (χ1n) is 7.22. The van der Waals surface area contributed by atoms with E-state index in [0.29, 0.717) is 5.75 Å². The molecule has 0 unspecified atom stereocenters. The van der Waals surface area contributed by atoms with Crippen LogP contribution >= 0.6 is 0 Å². The third kappa shape index (κ3) is 3.92. The summed E-state index contributed by atoms with van der Waals surface area (Å²) in [5.41, 5.74) is 4.22. The molecule has 0 saturated heterocycles. The van der Waals surface area contributed by atoms with Gasteiger partial charge < -0.3 is 14.2 Å². The van der Waals surface area contributed by atoms with Crippen LogP contribution < -0.4 is 4.74 Å². The van der Waals surface area contributed by atoms with Gasteiger partial charge in [0.05, 0.1) is 14.2 Å². The van der Waals surface area contributed by atoms with E-state index in [2.05, 4.69) is 19.1 Å². The van der Waals surface area contributed by atoms with Crippen molar-refractivity contribution in [3.05, 3.63) is 65.6 Å². The number of esters is 1. The van der Waals surface area contributed by atoms with E-state index in [1.807, 2.05) is 37.3 Å². The highest BCUT2D eigenvalue weighted by Crippen LogP contribution is 2.30. The molecule has 0 radical (unpaired) electrons. The Hall–Kier alpha value is -2.75. The fourth-order valence-electron chi connectivity index (χ4n) is 2.21. The van der Waals surface area contributed by atoms with Crippen LogP contribution in [0.5, 0.6) is 5.75 Å². The Balaban J connectivity index is 2.40. The van der Waals surface area contributed by atoms with Gasteiger partial charge in [-0.2, -0.15) is 0 Å². The molecule has 0 bridgehead atoms. The van der Waals surface area contributed by atoms with Crippen LogP contribution in [0.1, 0.15) is 11.1 Å². The van der Waals surface area contributed by atoms with E-state index in [0.717, 1.165) is 16.7 Å². The fourth-order valence-corrected chi connectivity index (χ4v) is 2.21. The van der Waals surface area contributed by atoms with Gasteiger partial charge in [0.1, 0.15) is 12.0 Å². The molecule has 0 amide bonds. The van der Waals surface area contributed by atoms with Crippen LogP contribution in [-0.4, -0.2) is 20.2 Å². The van der Waals surface area contributed by atoms with Gasteiger partial charge >= 0.3 is 5.97 Å². The maximum Gasteiger partial charge on any atom is 0.377 e. The SMILES string of the molecule is CO/C=C(\Oc1cc(-c2ccccc2C)ccc1C)C(=O)OC. The molecular weight excluding hydrogens is 292 g/mol. The molecule has 0 aliphatic heterocycles. The van der Waals surface area contributed by atoms with Crippen LogP contribution in [0.3, 0.4) is 0 Å². The van der Waals surface area contributed by atoms with Crippen LogP contribution in [0.15, 0.2) is 54.5 Å². The smallest absolute Gasteiger partial charge is 0.377 e. The van der Waals surface area contributed by atoms with Crippen molar-refractivity contribution in [2.75, 3.05) is 14.2 Å². The zero-order chi connectivity index (χ0) is 16.8. The molecule has 23 heavy (non-hydrogen) atoms. The van der Waals surface area contributed by atoms with Crippen molar-refractivity contribution in [1.82, 2.24) is 0 Å². The Bertz CT molecular complexity index is 732. The van der Waals surface area contributed by atoms with Gasteiger partial charge in [-0.05, 0) is 42.2 Å². The summed E-state index contributed by atoms with van der Waals surface area (Å²) >= 11 is 0. The minimum atomic E-state index is -0.590. The lowest BCUT2D eigenvalue weighted by molar-refractivity contribution is -0.138. The lowest BCUT2D eigenvalue weighted by Crippen LogP contribution is -2.11. The predicted molar refractivity (Wildman–Crippen MR) is 89.1 cm³/mol. The Morgan fingerprint density at radius 3 is 2.39 bits per heavy atom. The van der Waals surface area contributed by atoms with Crippen LogP contribution in [0.4, 0.5) is 0 Å². The number of carbonyl (C=O) groups excluding carboxylic acids is 1. The quantitative estimate of drug-likeness (QED) is 0.475. The van der Waals surface area contributed by atoms with E-state index in [1.54, 1.807) is 0 Å². The molecule has 4 heteroatoms. The van der Waals surface area contributed by atoms with E-state index in [9.17, 15) is 4.79 Å². The van der Waals surface area contributed by atoms with Crippen LogP contribution in [0.2, 0.25) is 0 Å². The van der Waals surface area contributed by atoms with Gasteiger partial charge in [0.2, 0.25) is 5.76 Å². The van der Waals surface area contributed by atoms with Gasteiger partial charge in [0.25, 0.3) is 0 Å². The maximum atomic E-state index is 11.7. The highest BCUT2D eigenvalue weighted by molar-refractivity contribution is 5.86. The molecule has 120 valence electrons. The van der Waals surface area contributed by atoms with Gasteiger partial charge in [-0.1, -0.05) is 36.4 Å². The molecule has 2 aromatic rings. The first-order chi connectivity index (χ1) is 11.1. The van der Waals surface area contributed by atoms with Crippen molar-refractivity contribution in [3.63, 3.8) is 0 Å². The molecule has 0 aliphatic rings. The summed E-state index contributed by atoms with van der Waals surface area (Å²) in [7, 11) is 2.74. The average Bonchev–Trinajstić information content (AvgIpc) is 2.56. The summed E-state index contributed by atoms with van der Waals surface area (Å²) < 4.78 is 15.3. The van der Waals surface area contributed by atoms with E-state index in [1.165, 1.54) is 26.0 Å². The Labute approximate surface area is 136 Å². The molecule has 2 rings (SSSR count). The van der Waals surface area contributed by atoms with Gasteiger partial charge in [-0.25, -0.2) is 4.79 Å². The van der Waals surface area contributed by atoms with Crippen LogP contribution in [0.25, 0.3) is 11.1 Å². The molecule has 0 spiro atoms. The molecule has 0 atom stereocenters. The number of methoxy groups -OCH3 is 2. The summed E-state index contributed by atoms with van der Waals surface area (Å²) in [4.78, 5) is 11.7. The molecule has 4 nitrogen and oxygen atoms in total. The summed E-state index contributed by atoms with van der Waals surface area (Å²) in [5, 5.41) is 0. The normalized spacial score (nSPS) is 11.0. The predicted octanol–water partition coefficient (Wildman–Crippen LogP) is 4.01. The number of hydrogen-bond acceptors (Lipinski definition) is 4. The maximum absolute atomic E-state index is 11.7. The fraction of sp³-hybridized carbons (Fsp3) is 0.211. The highest BCUT2D eigenvalue weighted by Gasteiger charge is 2.15. The van der Waals surface area contributed by atoms with E-state index in [-0.39, 0.29) is 5.76 Å². The van der Waals surface area contributed by atoms with Gasteiger partial charge in [0.15, 0.2) is 0 Å². The molecule has 0 aromatic heterocycles. The van der Waals surface area contributed by atoms with Crippen molar-refractivity contribution in [2.45, 2.75) is 13.8 Å². The minimum Gasteiger partial charge on any atom is -0.500 e. The van der Waals surface area contributed by atoms with Crippen LogP contribution in [-0.2, 0) is 14.3 Å². The third-order valence-corrected chi connectivity index (χ3v) is 3.48. The van der Waals surface area contributed by atoms with E-state index in [4.69, 9.17) is 14.2 Å². The Morgan fingerprint density at radius 1 is 1.00 bits per heavy atom. The molecule has 0 fully saturated rings. The van der Waals surface area contributed by atoms with Crippen molar-refractivity contribution in [3.8, 4) is 16.9 Å². The van der Waals surface area contributed by atoms with Crippen molar-refractivity contribution in [2.24, 2.45) is 0 Å². The molecule has 2 aromatic carbocycles. The Morgan fingerprint density at radius 2 is 1.74 bits per heavy atom. The summed E-state index contributed by atoms with van der Waals surface area (Å²) in [6.07, 6.45) is 1.23. The monoisotopic (exact) mass is 312 g/mol. The van der Waals surface area contributed by atoms with Crippen molar-refractivity contribution >= 4 is 5.97 Å². The van der Waals surface area contributed by atoms with E-state index < -0.39 is 5.97 Å². The topological polar surface area (TPSA) is 44.8 Å². The molecule has 0 N–H and O–H groups in total. The molecule has 0 heterocycles. The third-order valence-electron chi connectivity index (χ3n) is 3.48. The second kappa shape index (κ2) is 7.49. The van der Waals surface area contributed by atoms with Gasteiger partial charge in [-0.15, -0.1) is 0 Å². The second-order valence-corrected chi connectivity index (χ2v) is 5.11. The average molecular weight is 312 g/mol. The highest BCUT2D eigenvalue weighted by atomic mass is 16.6. The van der Waals surface area contributed by atoms with Crippen LogP contribution in [0, 0.1) is 13.8 Å². The minimum absolute atomic E-state index is 0.0000311. The number of rotatable bonds is 5. The van der Waals surface area contributed by atoms with Gasteiger partial charge in [0, 0.05) is 0 Å². The lowest BCUT2D eigenvalue weighted by Gasteiger charge is -2.13. The summed E-state index contributed by atoms with van der Waals surface area (Å²) in [6, 6.07) is 14.0. The number of carbonyl (C=O) groups is 1. The number of aryl methyl sites for hydroxylation is 2. The van der Waals surface area contributed by atoms with Crippen molar-refractivity contribution in [1.29, 1.82) is 0 Å². The van der Waals surface area contributed by atoms with Crippen molar-refractivity contribution < 1.29 is 19.0 Å². The summed E-state index contributed by atoms with van der Waals surface area (Å²) in [5.74, 6) is -0.00738. The zero-order valence-corrected chi connectivity index (χ0v) is 13.8. The number of benzene rings is 2. The number of hydrogen-bond donors (Lipinski definition) is 0. The first kappa shape index (κ1) is 16.6. The molecule has 0 aliphatic carbocycles. The van der Waals surface area contributed by atoms with Gasteiger partial charge in [-0.3, -0.25) is 0 Å². The Kier molecular flexibility index (Phi) is 5.41. The lowest BCUT2D eigenvalue weighted by atomic mass is 9.99. The molecular formula is C19H20O4. The standard InChI is InChI=1S/C19H20O4/c1-13-7-5-6-8-16(13)15-10-9-14(2)17(11-15)23-18(12-21-3)19(20)22-4/h5-12H,1-4H3/b18-12-. The number of ether oxygens (including phenoxy) is 3.